The van der Waals surface area contributed by atoms with E-state index in [1.54, 1.807) is 4.90 Å². The smallest absolute Gasteiger partial charge is 0.236 e. The summed E-state index contributed by atoms with van der Waals surface area (Å²) in [5.41, 5.74) is -1.07. The maximum atomic E-state index is 14.2. The highest BCUT2D eigenvalue weighted by atomic mass is 19.1. The van der Waals surface area contributed by atoms with E-state index in [4.69, 9.17) is 0 Å². The average molecular weight is 230 g/mol. The summed E-state index contributed by atoms with van der Waals surface area (Å²) in [6.45, 7) is 5.36. The molecule has 16 heavy (non-hydrogen) atoms. The average Bonchev–Trinajstić information content (AvgIpc) is 2.17. The quantitative estimate of drug-likeness (QED) is 0.734. The Balaban J connectivity index is 2.46. The standard InChI is InChI=1S/C12H23FN2O/c1-10(2)12(13)5-7-15(8-6-12)11(16)9-14(3)4/h10H,5-9H2,1-4H3. The van der Waals surface area contributed by atoms with E-state index >= 15 is 0 Å². The van der Waals surface area contributed by atoms with E-state index < -0.39 is 5.67 Å². The zero-order valence-electron chi connectivity index (χ0n) is 10.8. The highest BCUT2D eigenvalue weighted by Crippen LogP contribution is 2.33. The van der Waals surface area contributed by atoms with Crippen molar-refractivity contribution in [3.05, 3.63) is 0 Å². The third-order valence-corrected chi connectivity index (χ3v) is 3.43. The van der Waals surface area contributed by atoms with Crippen LogP contribution in [0.1, 0.15) is 26.7 Å². The second-order valence-corrected chi connectivity index (χ2v) is 5.31. The molecule has 1 amide bonds. The highest BCUT2D eigenvalue weighted by Gasteiger charge is 2.38. The van der Waals surface area contributed by atoms with Gasteiger partial charge in [0.1, 0.15) is 5.67 Å². The number of hydrogen-bond donors (Lipinski definition) is 0. The fraction of sp³-hybridized carbons (Fsp3) is 0.917. The Bertz CT molecular complexity index is 245. The Hall–Kier alpha value is -0.640. The van der Waals surface area contributed by atoms with E-state index in [-0.39, 0.29) is 11.8 Å². The molecule has 1 aliphatic heterocycles. The minimum atomic E-state index is -1.07. The van der Waals surface area contributed by atoms with Crippen LogP contribution in [-0.4, -0.2) is 55.1 Å². The maximum Gasteiger partial charge on any atom is 0.236 e. The van der Waals surface area contributed by atoms with E-state index in [1.807, 2.05) is 32.8 Å². The molecule has 94 valence electrons. The van der Waals surface area contributed by atoms with Crippen LogP contribution >= 0.6 is 0 Å². The molecule has 0 bridgehead atoms. The predicted molar refractivity (Wildman–Crippen MR) is 63.0 cm³/mol. The summed E-state index contributed by atoms with van der Waals surface area (Å²) in [5.74, 6) is 0.148. The molecule has 0 unspecified atom stereocenters. The van der Waals surface area contributed by atoms with Gasteiger partial charge in [-0.25, -0.2) is 4.39 Å². The number of piperidine rings is 1. The van der Waals surface area contributed by atoms with Gasteiger partial charge >= 0.3 is 0 Å². The van der Waals surface area contributed by atoms with Gasteiger partial charge in [0.15, 0.2) is 0 Å². The Labute approximate surface area is 97.6 Å². The van der Waals surface area contributed by atoms with Crippen LogP contribution in [0.5, 0.6) is 0 Å². The van der Waals surface area contributed by atoms with Crippen molar-refractivity contribution in [3.63, 3.8) is 0 Å². The van der Waals surface area contributed by atoms with Crippen molar-refractivity contribution in [1.82, 2.24) is 9.80 Å². The van der Waals surface area contributed by atoms with Crippen molar-refractivity contribution in [2.45, 2.75) is 32.4 Å². The number of nitrogens with zero attached hydrogens (tertiary/aromatic N) is 2. The van der Waals surface area contributed by atoms with Gasteiger partial charge in [-0.15, -0.1) is 0 Å². The van der Waals surface area contributed by atoms with Gasteiger partial charge in [0.05, 0.1) is 6.54 Å². The summed E-state index contributed by atoms with van der Waals surface area (Å²) >= 11 is 0. The van der Waals surface area contributed by atoms with Gasteiger partial charge in [0.2, 0.25) is 5.91 Å². The number of halogens is 1. The van der Waals surface area contributed by atoms with Crippen molar-refractivity contribution in [3.8, 4) is 0 Å². The second kappa shape index (κ2) is 5.13. The highest BCUT2D eigenvalue weighted by molar-refractivity contribution is 5.78. The lowest BCUT2D eigenvalue weighted by atomic mass is 9.83. The molecule has 1 fully saturated rings. The van der Waals surface area contributed by atoms with Crippen LogP contribution in [0.3, 0.4) is 0 Å². The number of hydrogen-bond acceptors (Lipinski definition) is 2. The summed E-state index contributed by atoms with van der Waals surface area (Å²) in [6.07, 6.45) is 0.952. The molecule has 0 aliphatic carbocycles. The van der Waals surface area contributed by atoms with Gasteiger partial charge in [-0.1, -0.05) is 13.8 Å². The van der Waals surface area contributed by atoms with Crippen LogP contribution in [0.25, 0.3) is 0 Å². The molecule has 3 nitrogen and oxygen atoms in total. The monoisotopic (exact) mass is 230 g/mol. The lowest BCUT2D eigenvalue weighted by molar-refractivity contribution is -0.135. The third-order valence-electron chi connectivity index (χ3n) is 3.43. The molecule has 0 N–H and O–H groups in total. The van der Waals surface area contributed by atoms with Crippen molar-refractivity contribution in [2.24, 2.45) is 5.92 Å². The number of alkyl halides is 1. The van der Waals surface area contributed by atoms with Crippen LogP contribution in [0, 0.1) is 5.92 Å². The Morgan fingerprint density at radius 2 is 1.88 bits per heavy atom. The zero-order valence-corrected chi connectivity index (χ0v) is 10.8. The number of likely N-dealkylation sites (N-methyl/N-ethyl adjacent to an activating group) is 1. The lowest BCUT2D eigenvalue weighted by Crippen LogP contribution is -2.48. The molecule has 0 spiro atoms. The van der Waals surface area contributed by atoms with Gasteiger partial charge in [-0.3, -0.25) is 4.79 Å². The largest absolute Gasteiger partial charge is 0.341 e. The number of carbonyl (C=O) groups excluding carboxylic acids is 1. The number of rotatable bonds is 3. The fourth-order valence-corrected chi connectivity index (χ4v) is 2.08. The van der Waals surface area contributed by atoms with Crippen molar-refractivity contribution < 1.29 is 9.18 Å². The molecule has 1 rings (SSSR count). The second-order valence-electron chi connectivity index (χ2n) is 5.31. The summed E-state index contributed by atoms with van der Waals surface area (Å²) in [6, 6.07) is 0. The van der Waals surface area contributed by atoms with Crippen LogP contribution < -0.4 is 0 Å². The van der Waals surface area contributed by atoms with Crippen LogP contribution in [0.2, 0.25) is 0 Å². The van der Waals surface area contributed by atoms with Crippen molar-refractivity contribution >= 4 is 5.91 Å². The molecule has 0 atom stereocenters. The van der Waals surface area contributed by atoms with E-state index in [9.17, 15) is 9.18 Å². The SMILES string of the molecule is CC(C)C1(F)CCN(C(=O)CN(C)C)CC1. The Morgan fingerprint density at radius 1 is 1.38 bits per heavy atom. The molecule has 0 radical (unpaired) electrons. The molecule has 0 saturated carbocycles. The molecule has 1 aliphatic rings. The van der Waals surface area contributed by atoms with Gasteiger partial charge < -0.3 is 9.80 Å². The van der Waals surface area contributed by atoms with Crippen molar-refractivity contribution in [1.29, 1.82) is 0 Å². The molecular weight excluding hydrogens is 207 g/mol. The van der Waals surface area contributed by atoms with Gasteiger partial charge in [0.25, 0.3) is 0 Å². The Kier molecular flexibility index (Phi) is 4.30. The van der Waals surface area contributed by atoms with Gasteiger partial charge in [0, 0.05) is 13.1 Å². The van der Waals surface area contributed by atoms with Crippen LogP contribution in [-0.2, 0) is 4.79 Å². The molecule has 1 heterocycles. The first-order valence-electron chi connectivity index (χ1n) is 5.96. The zero-order chi connectivity index (χ0) is 12.3. The summed E-state index contributed by atoms with van der Waals surface area (Å²) < 4.78 is 14.2. The molecule has 0 aromatic carbocycles. The van der Waals surface area contributed by atoms with E-state index in [0.717, 1.165) is 0 Å². The predicted octanol–water partition coefficient (Wildman–Crippen LogP) is 1.53. The lowest BCUT2D eigenvalue weighted by Gasteiger charge is -2.39. The summed E-state index contributed by atoms with van der Waals surface area (Å²) in [5, 5.41) is 0. The molecule has 4 heteroatoms. The fourth-order valence-electron chi connectivity index (χ4n) is 2.08. The number of amides is 1. The normalized spacial score (nSPS) is 20.6. The Morgan fingerprint density at radius 3 is 2.25 bits per heavy atom. The van der Waals surface area contributed by atoms with E-state index in [1.165, 1.54) is 0 Å². The van der Waals surface area contributed by atoms with Gasteiger partial charge in [-0.2, -0.15) is 0 Å². The minimum absolute atomic E-state index is 0.0404. The first-order valence-corrected chi connectivity index (χ1v) is 5.96. The summed E-state index contributed by atoms with van der Waals surface area (Å²) in [7, 11) is 3.74. The van der Waals surface area contributed by atoms with Crippen LogP contribution in [0.4, 0.5) is 4.39 Å². The van der Waals surface area contributed by atoms with E-state index in [0.29, 0.717) is 32.5 Å². The topological polar surface area (TPSA) is 23.6 Å². The van der Waals surface area contributed by atoms with Crippen LogP contribution in [0.15, 0.2) is 0 Å². The molecule has 0 aromatic heterocycles. The molecule has 1 saturated heterocycles. The minimum Gasteiger partial charge on any atom is -0.341 e. The van der Waals surface area contributed by atoms with Crippen molar-refractivity contribution in [2.75, 3.05) is 33.7 Å². The summed E-state index contributed by atoms with van der Waals surface area (Å²) in [4.78, 5) is 15.4. The first kappa shape index (κ1) is 13.4. The van der Waals surface area contributed by atoms with Gasteiger partial charge in [-0.05, 0) is 32.9 Å². The number of carbonyl (C=O) groups is 1. The third kappa shape index (κ3) is 3.17. The van der Waals surface area contributed by atoms with E-state index in [2.05, 4.69) is 0 Å². The number of likely N-dealkylation sites (tertiary alicyclic amines) is 1. The molecular formula is C12H23FN2O. The maximum absolute atomic E-state index is 14.2. The molecule has 0 aromatic rings. The first-order chi connectivity index (χ1) is 7.35.